The molecule has 0 aliphatic heterocycles. The first-order valence-corrected chi connectivity index (χ1v) is 5.01. The highest BCUT2D eigenvalue weighted by Gasteiger charge is 2.13. The number of nitrogens with zero attached hydrogens (tertiary/aromatic N) is 1. The van der Waals surface area contributed by atoms with Gasteiger partial charge in [0.05, 0.1) is 4.90 Å². The standard InChI is InChI=1S/C8H6FNO3S/c1-6-4-7(2-3-8(6)9)14(12,13)10-5-11/h2-4H,1H3. The normalized spacial score (nSPS) is 10.7. The summed E-state index contributed by atoms with van der Waals surface area (Å²) in [5.41, 5.74) is 0.173. The molecule has 0 radical (unpaired) electrons. The van der Waals surface area contributed by atoms with Crippen LogP contribution in [0.4, 0.5) is 4.39 Å². The van der Waals surface area contributed by atoms with Gasteiger partial charge >= 0.3 is 0 Å². The second-order valence-corrected chi connectivity index (χ2v) is 4.17. The highest BCUT2D eigenvalue weighted by molar-refractivity contribution is 7.90. The molecule has 14 heavy (non-hydrogen) atoms. The number of halogens is 1. The Balaban J connectivity index is 3.35. The maximum absolute atomic E-state index is 12.8. The molecule has 0 saturated carbocycles. The van der Waals surface area contributed by atoms with Crippen molar-refractivity contribution in [2.45, 2.75) is 11.8 Å². The monoisotopic (exact) mass is 215 g/mol. The minimum atomic E-state index is -4.01. The average Bonchev–Trinajstić information content (AvgIpc) is 2.09. The van der Waals surface area contributed by atoms with Crippen molar-refractivity contribution in [3.05, 3.63) is 29.6 Å². The number of carbonyl (C=O) groups excluding carboxylic acids is 1. The van der Waals surface area contributed by atoms with Crippen LogP contribution in [0.15, 0.2) is 27.5 Å². The molecule has 0 fully saturated rings. The highest BCUT2D eigenvalue weighted by Crippen LogP contribution is 2.15. The van der Waals surface area contributed by atoms with Crippen LogP contribution in [0.2, 0.25) is 0 Å². The van der Waals surface area contributed by atoms with Crippen LogP contribution < -0.4 is 0 Å². The summed E-state index contributed by atoms with van der Waals surface area (Å²) in [4.78, 5) is 9.58. The summed E-state index contributed by atoms with van der Waals surface area (Å²) in [7, 11) is -4.01. The van der Waals surface area contributed by atoms with Crippen molar-refractivity contribution in [2.24, 2.45) is 4.40 Å². The predicted octanol–water partition coefficient (Wildman–Crippen LogP) is 1.16. The maximum atomic E-state index is 12.8. The van der Waals surface area contributed by atoms with E-state index in [2.05, 4.69) is 4.40 Å². The van der Waals surface area contributed by atoms with Gasteiger partial charge in [0, 0.05) is 0 Å². The molecule has 1 rings (SSSR count). The predicted molar refractivity (Wildman–Crippen MR) is 46.4 cm³/mol. The fourth-order valence-corrected chi connectivity index (χ4v) is 1.65. The van der Waals surface area contributed by atoms with Crippen molar-refractivity contribution in [1.82, 2.24) is 0 Å². The molecule has 0 atom stereocenters. The molecule has 1 aromatic carbocycles. The third-order valence-corrected chi connectivity index (χ3v) is 2.75. The second kappa shape index (κ2) is 3.69. The Morgan fingerprint density at radius 1 is 1.43 bits per heavy atom. The van der Waals surface area contributed by atoms with Crippen LogP contribution in [0.5, 0.6) is 0 Å². The van der Waals surface area contributed by atoms with Crippen LogP contribution in [-0.4, -0.2) is 14.5 Å². The number of benzene rings is 1. The lowest BCUT2D eigenvalue weighted by Gasteiger charge is -1.99. The Hall–Kier alpha value is -1.52. The van der Waals surface area contributed by atoms with Gasteiger partial charge in [0.2, 0.25) is 0 Å². The van der Waals surface area contributed by atoms with E-state index in [1.165, 1.54) is 6.92 Å². The molecule has 0 unspecified atom stereocenters. The van der Waals surface area contributed by atoms with E-state index in [0.29, 0.717) is 0 Å². The van der Waals surface area contributed by atoms with Crippen LogP contribution in [0.3, 0.4) is 0 Å². The van der Waals surface area contributed by atoms with Crippen molar-refractivity contribution in [1.29, 1.82) is 0 Å². The lowest BCUT2D eigenvalue weighted by molar-refractivity contribution is 0.563. The lowest BCUT2D eigenvalue weighted by Crippen LogP contribution is -1.97. The summed E-state index contributed by atoms with van der Waals surface area (Å²) in [6, 6.07) is 3.15. The highest BCUT2D eigenvalue weighted by atomic mass is 32.2. The van der Waals surface area contributed by atoms with Crippen molar-refractivity contribution in [3.63, 3.8) is 0 Å². The molecule has 0 amide bonds. The summed E-state index contributed by atoms with van der Waals surface area (Å²) in [5, 5.41) is 0. The average molecular weight is 215 g/mol. The van der Waals surface area contributed by atoms with Crippen molar-refractivity contribution in [2.75, 3.05) is 0 Å². The Kier molecular flexibility index (Phi) is 2.78. The Labute approximate surface area is 80.1 Å². The SMILES string of the molecule is Cc1cc(S(=O)(=O)N=C=O)ccc1F. The fraction of sp³-hybridized carbons (Fsp3) is 0.125. The van der Waals surface area contributed by atoms with Crippen molar-refractivity contribution < 1.29 is 17.6 Å². The number of isocyanates is 1. The number of hydrogen-bond donors (Lipinski definition) is 0. The molecule has 74 valence electrons. The van der Waals surface area contributed by atoms with Gasteiger partial charge in [-0.2, -0.15) is 8.42 Å². The van der Waals surface area contributed by atoms with Gasteiger partial charge in [0.25, 0.3) is 16.1 Å². The van der Waals surface area contributed by atoms with Gasteiger partial charge in [-0.05, 0) is 30.7 Å². The van der Waals surface area contributed by atoms with Gasteiger partial charge in [0.15, 0.2) is 0 Å². The number of sulfonamides is 1. The van der Waals surface area contributed by atoms with E-state index < -0.39 is 15.8 Å². The molecule has 0 heterocycles. The van der Waals surface area contributed by atoms with Crippen molar-refractivity contribution >= 4 is 16.1 Å². The molecule has 0 N–H and O–H groups in total. The topological polar surface area (TPSA) is 63.6 Å². The van der Waals surface area contributed by atoms with Gasteiger partial charge in [-0.1, -0.05) is 4.40 Å². The smallest absolute Gasteiger partial charge is 0.210 e. The molecule has 0 bridgehead atoms. The van der Waals surface area contributed by atoms with Crippen LogP contribution in [0, 0.1) is 12.7 Å². The first kappa shape index (κ1) is 10.6. The van der Waals surface area contributed by atoms with E-state index in [-0.39, 0.29) is 10.5 Å². The zero-order valence-electron chi connectivity index (χ0n) is 7.19. The van der Waals surface area contributed by atoms with E-state index in [0.717, 1.165) is 24.3 Å². The lowest BCUT2D eigenvalue weighted by atomic mass is 10.2. The summed E-state index contributed by atoms with van der Waals surface area (Å²) in [6.45, 7) is 1.42. The third kappa shape index (κ3) is 2.04. The zero-order chi connectivity index (χ0) is 10.8. The summed E-state index contributed by atoms with van der Waals surface area (Å²) < 4.78 is 37.7. The summed E-state index contributed by atoms with van der Waals surface area (Å²) in [5.74, 6) is -0.515. The molecular weight excluding hydrogens is 209 g/mol. The first-order chi connectivity index (χ1) is 6.47. The number of aryl methyl sites for hydroxylation is 1. The minimum Gasteiger partial charge on any atom is -0.210 e. The van der Waals surface area contributed by atoms with Crippen LogP contribution >= 0.6 is 0 Å². The van der Waals surface area contributed by atoms with E-state index in [4.69, 9.17) is 0 Å². The van der Waals surface area contributed by atoms with E-state index in [9.17, 15) is 17.6 Å². The summed E-state index contributed by atoms with van der Waals surface area (Å²) >= 11 is 0. The molecule has 0 spiro atoms. The molecule has 1 aromatic rings. The Bertz CT molecular complexity index is 503. The number of rotatable bonds is 2. The van der Waals surface area contributed by atoms with Crippen LogP contribution in [0.25, 0.3) is 0 Å². The van der Waals surface area contributed by atoms with Gasteiger partial charge in [-0.3, -0.25) is 0 Å². The van der Waals surface area contributed by atoms with Gasteiger partial charge in [-0.25, -0.2) is 9.18 Å². The molecule has 0 saturated heterocycles. The van der Waals surface area contributed by atoms with Gasteiger partial charge in [-0.15, -0.1) is 0 Å². The second-order valence-electron chi connectivity index (χ2n) is 2.57. The maximum Gasteiger partial charge on any atom is 0.292 e. The molecule has 6 heteroatoms. The zero-order valence-corrected chi connectivity index (χ0v) is 8.01. The van der Waals surface area contributed by atoms with Gasteiger partial charge in [0.1, 0.15) is 5.82 Å². The quantitative estimate of drug-likeness (QED) is 0.549. The molecule has 0 aromatic heterocycles. The Morgan fingerprint density at radius 2 is 2.07 bits per heavy atom. The molecule has 4 nitrogen and oxygen atoms in total. The Morgan fingerprint density at radius 3 is 2.57 bits per heavy atom. The molecule has 0 aliphatic rings. The molecular formula is C8H6FNO3S. The number of hydrogen-bond acceptors (Lipinski definition) is 3. The largest absolute Gasteiger partial charge is 0.292 e. The van der Waals surface area contributed by atoms with Crippen LogP contribution in [0.1, 0.15) is 5.56 Å². The first-order valence-electron chi connectivity index (χ1n) is 3.57. The molecule has 0 aliphatic carbocycles. The van der Waals surface area contributed by atoms with Crippen LogP contribution in [-0.2, 0) is 14.8 Å². The van der Waals surface area contributed by atoms with E-state index in [1.807, 2.05) is 0 Å². The fourth-order valence-electron chi connectivity index (χ4n) is 0.879. The van der Waals surface area contributed by atoms with E-state index >= 15 is 0 Å². The van der Waals surface area contributed by atoms with Gasteiger partial charge < -0.3 is 0 Å². The minimum absolute atomic E-state index is 0.173. The van der Waals surface area contributed by atoms with Crippen molar-refractivity contribution in [3.8, 4) is 0 Å². The van der Waals surface area contributed by atoms with E-state index in [1.54, 1.807) is 0 Å². The summed E-state index contributed by atoms with van der Waals surface area (Å²) in [6.07, 6.45) is 0.934. The third-order valence-electron chi connectivity index (χ3n) is 1.58.